The van der Waals surface area contributed by atoms with Crippen LogP contribution in [0.25, 0.3) is 6.08 Å². The molecule has 0 radical (unpaired) electrons. The molecule has 4 rings (SSSR count). The molecule has 0 fully saturated rings. The highest BCUT2D eigenvalue weighted by Gasteiger charge is 2.15. The van der Waals surface area contributed by atoms with Crippen molar-refractivity contribution in [2.75, 3.05) is 11.9 Å². The Morgan fingerprint density at radius 3 is 2.19 bits per heavy atom. The zero-order chi connectivity index (χ0) is 30.1. The maximum Gasteiger partial charge on any atom is 0.266 e. The van der Waals surface area contributed by atoms with Gasteiger partial charge in [-0.1, -0.05) is 70.7 Å². The van der Waals surface area contributed by atoms with Gasteiger partial charge in [0.05, 0.1) is 21.7 Å². The number of carbonyl (C=O) groups excluding carboxylic acids is 1. The molecule has 4 aromatic carbocycles. The second kappa shape index (κ2) is 14.7. The highest BCUT2D eigenvalue weighted by molar-refractivity contribution is 6.42. The summed E-state index contributed by atoms with van der Waals surface area (Å²) >= 11 is 18.6. The third-order valence-electron chi connectivity index (χ3n) is 6.01. The van der Waals surface area contributed by atoms with Gasteiger partial charge in [-0.25, -0.2) is 0 Å². The van der Waals surface area contributed by atoms with Crippen LogP contribution in [0.15, 0.2) is 84.4 Å². The SMILES string of the molecule is CCOc1cc(/C=C(\C#N)C(=O)Nc2ccc(OCc3ccc(C)cc3)cc2)cc(Cl)c1OCc1ccc(Cl)c(Cl)c1. The fraction of sp³-hybridized carbons (Fsp3) is 0.152. The smallest absolute Gasteiger partial charge is 0.266 e. The van der Waals surface area contributed by atoms with Crippen molar-refractivity contribution in [1.82, 2.24) is 0 Å². The predicted molar refractivity (Wildman–Crippen MR) is 168 cm³/mol. The van der Waals surface area contributed by atoms with Gasteiger partial charge in [-0.2, -0.15) is 5.26 Å². The molecule has 0 saturated carbocycles. The molecular formula is C33H27Cl3N2O4. The third-order valence-corrected chi connectivity index (χ3v) is 7.03. The highest BCUT2D eigenvalue weighted by Crippen LogP contribution is 2.38. The summed E-state index contributed by atoms with van der Waals surface area (Å²) in [6.07, 6.45) is 1.44. The van der Waals surface area contributed by atoms with E-state index in [-0.39, 0.29) is 17.2 Å². The van der Waals surface area contributed by atoms with Crippen LogP contribution in [0.5, 0.6) is 17.2 Å². The summed E-state index contributed by atoms with van der Waals surface area (Å²) in [5.74, 6) is 0.786. The van der Waals surface area contributed by atoms with Gasteiger partial charge >= 0.3 is 0 Å². The van der Waals surface area contributed by atoms with Gasteiger partial charge in [0.25, 0.3) is 5.91 Å². The van der Waals surface area contributed by atoms with E-state index in [0.717, 1.165) is 11.1 Å². The minimum absolute atomic E-state index is 0.113. The average Bonchev–Trinajstić information content (AvgIpc) is 2.98. The summed E-state index contributed by atoms with van der Waals surface area (Å²) in [5.41, 5.74) is 3.93. The molecule has 0 aliphatic heterocycles. The van der Waals surface area contributed by atoms with Crippen LogP contribution in [0.3, 0.4) is 0 Å². The van der Waals surface area contributed by atoms with Crippen molar-refractivity contribution in [3.63, 3.8) is 0 Å². The monoisotopic (exact) mass is 620 g/mol. The quantitative estimate of drug-likeness (QED) is 0.133. The van der Waals surface area contributed by atoms with E-state index >= 15 is 0 Å². The Bertz CT molecular complexity index is 1630. The van der Waals surface area contributed by atoms with Crippen LogP contribution in [0.4, 0.5) is 5.69 Å². The number of ether oxygens (including phenoxy) is 3. The number of hydrogen-bond acceptors (Lipinski definition) is 5. The fourth-order valence-electron chi connectivity index (χ4n) is 3.86. The molecule has 0 aromatic heterocycles. The van der Waals surface area contributed by atoms with Gasteiger partial charge in [0, 0.05) is 5.69 Å². The molecular weight excluding hydrogens is 595 g/mol. The first kappa shape index (κ1) is 30.8. The van der Waals surface area contributed by atoms with Gasteiger partial charge in [-0.05, 0) is 85.1 Å². The molecule has 0 spiro atoms. The summed E-state index contributed by atoms with van der Waals surface area (Å²) in [6, 6.07) is 25.4. The van der Waals surface area contributed by atoms with Gasteiger partial charge in [0.2, 0.25) is 0 Å². The van der Waals surface area contributed by atoms with Crippen LogP contribution in [0, 0.1) is 18.3 Å². The Kier molecular flexibility index (Phi) is 10.7. The standard InChI is InChI=1S/C33H27Cl3N2O4/c1-3-40-31-17-24(16-30(36)32(31)42-20-23-8-13-28(34)29(35)15-23)14-25(18-37)33(39)38-26-9-11-27(12-10-26)41-19-22-6-4-21(2)5-7-22/h4-17H,3,19-20H2,1-2H3,(H,38,39)/b25-14+. The summed E-state index contributed by atoms with van der Waals surface area (Å²) in [7, 11) is 0. The van der Waals surface area contributed by atoms with E-state index in [2.05, 4.69) is 5.32 Å². The Morgan fingerprint density at radius 2 is 1.52 bits per heavy atom. The Balaban J connectivity index is 1.44. The lowest BCUT2D eigenvalue weighted by molar-refractivity contribution is -0.112. The largest absolute Gasteiger partial charge is 0.490 e. The molecule has 0 aliphatic rings. The molecule has 0 bridgehead atoms. The summed E-state index contributed by atoms with van der Waals surface area (Å²) in [5, 5.41) is 13.6. The molecule has 0 saturated heterocycles. The lowest BCUT2D eigenvalue weighted by Crippen LogP contribution is -2.13. The molecule has 42 heavy (non-hydrogen) atoms. The molecule has 6 nitrogen and oxygen atoms in total. The van der Waals surface area contributed by atoms with Gasteiger partial charge in [0.15, 0.2) is 11.5 Å². The predicted octanol–water partition coefficient (Wildman–Crippen LogP) is 9.06. The number of nitrogens with zero attached hydrogens (tertiary/aromatic N) is 1. The molecule has 4 aromatic rings. The van der Waals surface area contributed by atoms with Crippen molar-refractivity contribution in [3.8, 4) is 23.3 Å². The van der Waals surface area contributed by atoms with Gasteiger partial charge < -0.3 is 19.5 Å². The maximum absolute atomic E-state index is 12.9. The van der Waals surface area contributed by atoms with Crippen LogP contribution in [0.2, 0.25) is 15.1 Å². The number of anilines is 1. The van der Waals surface area contributed by atoms with Crippen molar-refractivity contribution in [1.29, 1.82) is 5.26 Å². The molecule has 0 heterocycles. The second-order valence-electron chi connectivity index (χ2n) is 9.22. The number of nitriles is 1. The molecule has 0 aliphatic carbocycles. The second-order valence-corrected chi connectivity index (χ2v) is 10.4. The minimum atomic E-state index is -0.570. The van der Waals surface area contributed by atoms with E-state index in [1.807, 2.05) is 44.2 Å². The summed E-state index contributed by atoms with van der Waals surface area (Å²) in [4.78, 5) is 12.9. The van der Waals surface area contributed by atoms with E-state index in [1.165, 1.54) is 11.6 Å². The molecule has 0 atom stereocenters. The van der Waals surface area contributed by atoms with Crippen molar-refractivity contribution < 1.29 is 19.0 Å². The van der Waals surface area contributed by atoms with Gasteiger partial charge in [-0.15, -0.1) is 0 Å². The number of amides is 1. The zero-order valence-corrected chi connectivity index (χ0v) is 25.2. The first-order valence-electron chi connectivity index (χ1n) is 13.0. The zero-order valence-electron chi connectivity index (χ0n) is 22.9. The number of benzene rings is 4. The number of rotatable bonds is 11. The van der Waals surface area contributed by atoms with Gasteiger partial charge in [-0.3, -0.25) is 4.79 Å². The van der Waals surface area contributed by atoms with Crippen molar-refractivity contribution in [2.45, 2.75) is 27.1 Å². The minimum Gasteiger partial charge on any atom is -0.490 e. The number of nitrogens with one attached hydrogen (secondary N) is 1. The first-order chi connectivity index (χ1) is 20.2. The Morgan fingerprint density at radius 1 is 0.833 bits per heavy atom. The van der Waals surface area contributed by atoms with E-state index in [9.17, 15) is 10.1 Å². The lowest BCUT2D eigenvalue weighted by Gasteiger charge is -2.15. The summed E-state index contributed by atoms with van der Waals surface area (Å²) in [6.45, 7) is 4.81. The summed E-state index contributed by atoms with van der Waals surface area (Å²) < 4.78 is 17.5. The van der Waals surface area contributed by atoms with E-state index in [1.54, 1.807) is 54.6 Å². The fourth-order valence-corrected chi connectivity index (χ4v) is 4.45. The number of aryl methyl sites for hydroxylation is 1. The molecule has 0 unspecified atom stereocenters. The first-order valence-corrected chi connectivity index (χ1v) is 14.1. The molecule has 1 amide bonds. The lowest BCUT2D eigenvalue weighted by atomic mass is 10.1. The van der Waals surface area contributed by atoms with E-state index in [0.29, 0.717) is 51.8 Å². The normalized spacial score (nSPS) is 11.0. The molecule has 9 heteroatoms. The van der Waals surface area contributed by atoms with Gasteiger partial charge in [0.1, 0.15) is 30.6 Å². The van der Waals surface area contributed by atoms with Crippen LogP contribution >= 0.6 is 34.8 Å². The van der Waals surface area contributed by atoms with E-state index < -0.39 is 5.91 Å². The number of carbonyl (C=O) groups is 1. The van der Waals surface area contributed by atoms with Crippen molar-refractivity contribution in [2.24, 2.45) is 0 Å². The Labute approximate surface area is 260 Å². The number of halogens is 3. The average molecular weight is 622 g/mol. The Hall–Kier alpha value is -4.15. The van der Waals surface area contributed by atoms with Crippen LogP contribution < -0.4 is 19.5 Å². The third kappa shape index (κ3) is 8.43. The van der Waals surface area contributed by atoms with Crippen LogP contribution in [-0.2, 0) is 18.0 Å². The van der Waals surface area contributed by atoms with Crippen molar-refractivity contribution >= 4 is 52.5 Å². The van der Waals surface area contributed by atoms with E-state index in [4.69, 9.17) is 49.0 Å². The van der Waals surface area contributed by atoms with Crippen molar-refractivity contribution in [3.05, 3.63) is 122 Å². The molecule has 1 N–H and O–H groups in total. The van der Waals surface area contributed by atoms with Crippen LogP contribution in [0.1, 0.15) is 29.2 Å². The topological polar surface area (TPSA) is 80.6 Å². The molecule has 214 valence electrons. The number of hydrogen-bond donors (Lipinski definition) is 1. The maximum atomic E-state index is 12.9. The highest BCUT2D eigenvalue weighted by atomic mass is 35.5. The van der Waals surface area contributed by atoms with Crippen LogP contribution in [-0.4, -0.2) is 12.5 Å².